The first-order valence-corrected chi connectivity index (χ1v) is 21.5. The molecule has 0 radical (unpaired) electrons. The van der Waals surface area contributed by atoms with E-state index in [9.17, 15) is 109 Å². The summed E-state index contributed by atoms with van der Waals surface area (Å²) < 4.78 is 236. The summed E-state index contributed by atoms with van der Waals surface area (Å²) in [5.74, 6) is -3.73. The Morgan fingerprint density at radius 3 is 1.00 bits per heavy atom. The summed E-state index contributed by atoms with van der Waals surface area (Å²) in [6, 6.07) is 14.7. The molecule has 3 aromatic rings. The molecule has 3 aromatic carbocycles. The number of rotatable bonds is 19. The highest BCUT2D eigenvalue weighted by Gasteiger charge is 2.53. The second-order valence-corrected chi connectivity index (χ2v) is 17.5. The number of benzene rings is 3. The topological polar surface area (TPSA) is 164 Å². The van der Waals surface area contributed by atoms with Crippen LogP contribution in [0.25, 0.3) is 0 Å². The van der Waals surface area contributed by atoms with Crippen LogP contribution in [-0.4, -0.2) is 107 Å². The molecule has 5 N–H and O–H groups in total. The van der Waals surface area contributed by atoms with Crippen LogP contribution < -0.4 is 24.8 Å². The largest absolute Gasteiger partial charge is 0.484 e. The third-order valence-corrected chi connectivity index (χ3v) is 10.0. The molecular weight excluding hydrogens is 1070 g/mol. The molecule has 0 aliphatic carbocycles. The number of halogens is 18. The normalized spacial score (nSPS) is 16.1. The second kappa shape index (κ2) is 26.4. The van der Waals surface area contributed by atoms with Gasteiger partial charge in [0.1, 0.15) is 23.0 Å². The number of nitrogens with one attached hydrogen (secondary N) is 2. The fourth-order valence-corrected chi connectivity index (χ4v) is 5.75. The second-order valence-electron chi connectivity index (χ2n) is 17.5. The van der Waals surface area contributed by atoms with Crippen LogP contribution in [0.1, 0.15) is 102 Å². The number of Topliss-reactive ketones (excluding diaryl/α,β-unsaturated/α-hetero) is 1. The van der Waals surface area contributed by atoms with E-state index in [0.717, 1.165) is 0 Å². The minimum absolute atomic E-state index is 0.0589. The van der Waals surface area contributed by atoms with E-state index in [0.29, 0.717) is 37.5 Å². The van der Waals surface area contributed by atoms with Gasteiger partial charge in [0, 0.05) is 12.8 Å². The molecule has 0 saturated carbocycles. The molecule has 1 unspecified atom stereocenters. The predicted octanol–water partition coefficient (Wildman–Crippen LogP) is 11.4. The van der Waals surface area contributed by atoms with Crippen LogP contribution in [0, 0.1) is 0 Å². The number of carbonyl (C=O) groups is 3. The van der Waals surface area contributed by atoms with Crippen molar-refractivity contribution in [2.75, 3.05) is 19.8 Å². The van der Waals surface area contributed by atoms with Crippen LogP contribution in [0.5, 0.6) is 17.2 Å². The van der Waals surface area contributed by atoms with Gasteiger partial charge in [0.15, 0.2) is 36.6 Å². The smallest absolute Gasteiger partial charge is 0.422 e. The lowest BCUT2D eigenvalue weighted by Gasteiger charge is -2.26. The number of amides is 2. The molecule has 0 aliphatic rings. The lowest BCUT2D eigenvalue weighted by atomic mass is 9.90. The third kappa shape index (κ3) is 25.6. The summed E-state index contributed by atoms with van der Waals surface area (Å²) in [5, 5.41) is 32.4. The van der Waals surface area contributed by atoms with Crippen molar-refractivity contribution in [1.29, 1.82) is 0 Å². The van der Waals surface area contributed by atoms with Gasteiger partial charge in [-0.05, 0) is 93.6 Å². The molecule has 2 amide bonds. The maximum Gasteiger partial charge on any atom is 0.422 e. The zero-order valence-corrected chi connectivity index (χ0v) is 40.2. The number of aliphatic hydroxyl groups is 3. The average molecular weight is 1120 g/mol. The number of hydrogen-bond acceptors (Lipinski definition) is 9. The van der Waals surface area contributed by atoms with Crippen molar-refractivity contribution in [1.82, 2.24) is 10.6 Å². The van der Waals surface area contributed by atoms with E-state index >= 15 is 0 Å². The fourth-order valence-electron chi connectivity index (χ4n) is 5.75. The Kier molecular flexibility index (Phi) is 23.7. The van der Waals surface area contributed by atoms with E-state index in [1.807, 2.05) is 0 Å². The number of alkyl halides is 18. The lowest BCUT2D eigenvalue weighted by molar-refractivity contribution is -0.253. The molecule has 0 spiro atoms. The zero-order chi connectivity index (χ0) is 58.4. The first kappa shape index (κ1) is 67.3. The molecule has 426 valence electrons. The van der Waals surface area contributed by atoms with E-state index in [4.69, 9.17) is 0 Å². The molecule has 6 atom stereocenters. The molecule has 3 rings (SSSR count). The van der Waals surface area contributed by atoms with E-state index in [-0.39, 0.29) is 23.7 Å². The van der Waals surface area contributed by atoms with Crippen molar-refractivity contribution in [3.63, 3.8) is 0 Å². The Balaban J connectivity index is 0.000000562. The van der Waals surface area contributed by atoms with Crippen molar-refractivity contribution < 1.29 is 123 Å². The number of ether oxygens (including phenoxy) is 3. The highest BCUT2D eigenvalue weighted by molar-refractivity contribution is 5.80. The summed E-state index contributed by atoms with van der Waals surface area (Å²) >= 11 is 0. The molecule has 0 aliphatic heterocycles. The van der Waals surface area contributed by atoms with Gasteiger partial charge in [-0.25, -0.2) is 0 Å². The highest BCUT2D eigenvalue weighted by Crippen LogP contribution is 2.36. The van der Waals surface area contributed by atoms with Crippen LogP contribution in [0.15, 0.2) is 72.8 Å². The number of carbonyl (C=O) groups excluding carboxylic acids is 3. The van der Waals surface area contributed by atoms with Gasteiger partial charge in [-0.3, -0.25) is 14.4 Å². The van der Waals surface area contributed by atoms with Crippen molar-refractivity contribution in [2.24, 2.45) is 0 Å². The van der Waals surface area contributed by atoms with E-state index in [1.54, 1.807) is 6.92 Å². The first-order chi connectivity index (χ1) is 33.6. The van der Waals surface area contributed by atoms with Crippen LogP contribution in [-0.2, 0) is 14.4 Å². The number of ketones is 1. The average Bonchev–Trinajstić information content (AvgIpc) is 3.22. The van der Waals surface area contributed by atoms with Crippen molar-refractivity contribution in [3.8, 4) is 17.2 Å². The lowest BCUT2D eigenvalue weighted by Crippen LogP contribution is -2.46. The Morgan fingerprint density at radius 1 is 0.453 bits per heavy atom. The fraction of sp³-hybridized carbons (Fsp3) is 0.543. The van der Waals surface area contributed by atoms with Crippen LogP contribution >= 0.6 is 0 Å². The SMILES string of the molecule is C[C@H](CC(=O)CC(C)(O)C(F)(F)F)c1cccc(OCC(F)(F)F)c1.C[C@H](NC(=O)C[C@@](C)(O)C(F)(F)F)c1cccc(OCC(F)(F)F)c1.C[C@H](NC(=O)C[C@](C)(O)C(F)(F)F)c1cccc(OCC(F)(F)F)c1. The molecule has 75 heavy (non-hydrogen) atoms. The molecular formula is C46H52F18N2O9. The molecule has 29 heteroatoms. The maximum atomic E-state index is 12.6. The Bertz CT molecular complexity index is 2040. The summed E-state index contributed by atoms with van der Waals surface area (Å²) in [6.07, 6.45) is -32.2. The summed E-state index contributed by atoms with van der Waals surface area (Å²) in [7, 11) is 0. The maximum absolute atomic E-state index is 12.6. The molecule has 0 saturated heterocycles. The Hall–Kier alpha value is -5.71. The molecule has 0 fully saturated rings. The molecule has 0 aromatic heterocycles. The van der Waals surface area contributed by atoms with Gasteiger partial charge in [0.2, 0.25) is 11.8 Å². The monoisotopic (exact) mass is 1120 g/mol. The predicted molar refractivity (Wildman–Crippen MR) is 229 cm³/mol. The summed E-state index contributed by atoms with van der Waals surface area (Å²) in [4.78, 5) is 35.2. The van der Waals surface area contributed by atoms with Crippen molar-refractivity contribution in [2.45, 2.75) is 139 Å². The zero-order valence-electron chi connectivity index (χ0n) is 40.2. The van der Waals surface area contributed by atoms with Crippen molar-refractivity contribution in [3.05, 3.63) is 89.5 Å². The van der Waals surface area contributed by atoms with Gasteiger partial charge >= 0.3 is 37.1 Å². The third-order valence-electron chi connectivity index (χ3n) is 10.0. The first-order valence-electron chi connectivity index (χ1n) is 21.5. The summed E-state index contributed by atoms with van der Waals surface area (Å²) in [5.41, 5.74) is -8.39. The Labute approximate surface area is 416 Å². The van der Waals surface area contributed by atoms with Gasteiger partial charge in [-0.1, -0.05) is 43.3 Å². The van der Waals surface area contributed by atoms with Gasteiger partial charge in [-0.15, -0.1) is 0 Å². The van der Waals surface area contributed by atoms with Gasteiger partial charge in [0.25, 0.3) is 0 Å². The Morgan fingerprint density at radius 2 is 0.720 bits per heavy atom. The molecule has 11 nitrogen and oxygen atoms in total. The summed E-state index contributed by atoms with van der Waals surface area (Å²) in [6.45, 7) is 1.41. The standard InChI is InChI=1S/C16H18F6O3.2C15H17F6NO3/c1-10(6-12(23)8-14(2,24)16(20,21)22)11-4-3-5-13(7-11)25-9-15(17,18)19;2*1-9(22-12(23)7-13(2,24)15(19,20)21)10-4-3-5-11(6-10)25-8-14(16,17)18/h3-5,7,10,24H,6,8-9H2,1-2H3;2*3-6,9,24H,7-8H2,1-2H3,(H,22,23)/t10-,14?;9-,13+;9-,13-/m100/s1. The van der Waals surface area contributed by atoms with Gasteiger partial charge < -0.3 is 40.2 Å². The van der Waals surface area contributed by atoms with Crippen molar-refractivity contribution >= 4 is 17.6 Å². The molecule has 0 heterocycles. The van der Waals surface area contributed by atoms with Crippen LogP contribution in [0.4, 0.5) is 79.0 Å². The highest BCUT2D eigenvalue weighted by atomic mass is 19.4. The molecule has 0 bridgehead atoms. The number of hydrogen-bond donors (Lipinski definition) is 5. The van der Waals surface area contributed by atoms with Gasteiger partial charge in [-0.2, -0.15) is 79.0 Å². The minimum Gasteiger partial charge on any atom is -0.484 e. The van der Waals surface area contributed by atoms with Crippen LogP contribution in [0.2, 0.25) is 0 Å². The van der Waals surface area contributed by atoms with E-state index in [1.165, 1.54) is 86.6 Å². The van der Waals surface area contributed by atoms with Gasteiger partial charge in [0.05, 0.1) is 24.9 Å². The minimum atomic E-state index is -4.97. The van der Waals surface area contributed by atoms with E-state index < -0.39 is 129 Å². The quantitative estimate of drug-likeness (QED) is 0.0735. The van der Waals surface area contributed by atoms with E-state index in [2.05, 4.69) is 24.8 Å². The van der Waals surface area contributed by atoms with Crippen LogP contribution in [0.3, 0.4) is 0 Å².